The molecule has 1 aliphatic heterocycles. The number of thioether (sulfide) groups is 1. The third-order valence-electron chi connectivity index (χ3n) is 5.61. The minimum atomic E-state index is -0.534. The van der Waals surface area contributed by atoms with Gasteiger partial charge in [-0.25, -0.2) is 14.2 Å². The number of carbonyl (C=O) groups is 1. The Hall–Kier alpha value is -2.71. The summed E-state index contributed by atoms with van der Waals surface area (Å²) in [6, 6.07) is 2.21. The van der Waals surface area contributed by atoms with E-state index in [9.17, 15) is 10.1 Å². The molecule has 1 atom stereocenters. The number of likely N-dealkylation sites (tertiary alicyclic amines) is 1. The highest BCUT2D eigenvalue weighted by Crippen LogP contribution is 2.33. The van der Waals surface area contributed by atoms with Crippen molar-refractivity contribution in [3.05, 3.63) is 17.5 Å². The third-order valence-corrected chi connectivity index (χ3v) is 6.19. The Labute approximate surface area is 205 Å². The van der Waals surface area contributed by atoms with Gasteiger partial charge >= 0.3 is 6.09 Å². The van der Waals surface area contributed by atoms with Crippen molar-refractivity contribution in [2.45, 2.75) is 65.3 Å². The van der Waals surface area contributed by atoms with Crippen LogP contribution in [-0.4, -0.2) is 67.9 Å². The molecule has 2 N–H and O–H groups in total. The number of nitrogens with two attached hydrogens (primary N) is 1. The summed E-state index contributed by atoms with van der Waals surface area (Å²) >= 11 is 1.72. The minimum Gasteiger partial charge on any atom is -0.444 e. The second-order valence-electron chi connectivity index (χ2n) is 9.42. The smallest absolute Gasteiger partial charge is 0.410 e. The van der Waals surface area contributed by atoms with Crippen molar-refractivity contribution >= 4 is 23.7 Å². The Morgan fingerprint density at radius 2 is 2.09 bits per heavy atom. The zero-order chi connectivity index (χ0) is 24.9. The van der Waals surface area contributed by atoms with Crippen LogP contribution in [0.15, 0.2) is 6.20 Å². The lowest BCUT2D eigenvalue weighted by Crippen LogP contribution is -2.37. The summed E-state index contributed by atoms with van der Waals surface area (Å²) in [7, 11) is 0. The van der Waals surface area contributed by atoms with Crippen LogP contribution < -0.4 is 5.73 Å². The molecule has 0 spiro atoms. The number of rotatable bonds is 7. The van der Waals surface area contributed by atoms with Gasteiger partial charge in [0.25, 0.3) is 0 Å². The Morgan fingerprint density at radius 1 is 1.32 bits per heavy atom. The molecule has 0 saturated carbocycles. The van der Waals surface area contributed by atoms with Gasteiger partial charge in [-0.3, -0.25) is 0 Å². The predicted molar refractivity (Wildman–Crippen MR) is 132 cm³/mol. The summed E-state index contributed by atoms with van der Waals surface area (Å²) in [4.78, 5) is 14.2. The van der Waals surface area contributed by atoms with Gasteiger partial charge in [0.2, 0.25) is 0 Å². The standard InChI is InChI=1S/C23H35N7O3S/c1-16-19(14-29(26-16)15-32-11-12-34-5)20-18(13-24)21(25)30(27-20)17-7-6-9-28(10-8-17)22(31)33-23(2,3)4/h14,17H,6-12,15,25H2,1-5H3/t17-/m0/s1. The topological polar surface area (TPSA) is 124 Å². The molecule has 1 saturated heterocycles. The fourth-order valence-electron chi connectivity index (χ4n) is 3.97. The van der Waals surface area contributed by atoms with Gasteiger partial charge in [-0.1, -0.05) is 0 Å². The van der Waals surface area contributed by atoms with Gasteiger partial charge in [-0.15, -0.1) is 0 Å². The molecule has 10 nitrogen and oxygen atoms in total. The average molecular weight is 490 g/mol. The highest BCUT2D eigenvalue weighted by Gasteiger charge is 2.29. The van der Waals surface area contributed by atoms with E-state index >= 15 is 0 Å². The lowest BCUT2D eigenvalue weighted by molar-refractivity contribution is 0.0255. The Kier molecular flexibility index (Phi) is 8.49. The molecule has 34 heavy (non-hydrogen) atoms. The number of aryl methyl sites for hydroxylation is 1. The second kappa shape index (κ2) is 11.1. The Bertz CT molecular complexity index is 1030. The molecule has 1 amide bonds. The lowest BCUT2D eigenvalue weighted by Gasteiger charge is -2.26. The van der Waals surface area contributed by atoms with Crippen LogP contribution >= 0.6 is 11.8 Å². The summed E-state index contributed by atoms with van der Waals surface area (Å²) in [6.45, 7) is 9.61. The number of anilines is 1. The molecular weight excluding hydrogens is 454 g/mol. The monoisotopic (exact) mass is 489 g/mol. The molecule has 2 aromatic heterocycles. The molecule has 1 fully saturated rings. The highest BCUT2D eigenvalue weighted by molar-refractivity contribution is 7.98. The predicted octanol–water partition coefficient (Wildman–Crippen LogP) is 3.81. The van der Waals surface area contributed by atoms with Gasteiger partial charge in [0.15, 0.2) is 0 Å². The highest BCUT2D eigenvalue weighted by atomic mass is 32.2. The van der Waals surface area contributed by atoms with Crippen LogP contribution in [0.5, 0.6) is 0 Å². The quantitative estimate of drug-likeness (QED) is 0.582. The van der Waals surface area contributed by atoms with Crippen LogP contribution in [0.3, 0.4) is 0 Å². The van der Waals surface area contributed by atoms with Crippen molar-refractivity contribution in [2.75, 3.05) is 37.4 Å². The molecule has 11 heteroatoms. The molecular formula is C23H35N7O3S. The normalized spacial score (nSPS) is 16.8. The molecule has 3 rings (SSSR count). The Balaban J connectivity index is 1.78. The van der Waals surface area contributed by atoms with Gasteiger partial charge in [-0.2, -0.15) is 27.2 Å². The van der Waals surface area contributed by atoms with Crippen LogP contribution in [0.2, 0.25) is 0 Å². The number of nitrogens with zero attached hydrogens (tertiary/aromatic N) is 6. The summed E-state index contributed by atoms with van der Waals surface area (Å²) in [5.74, 6) is 1.26. The van der Waals surface area contributed by atoms with E-state index in [0.29, 0.717) is 49.9 Å². The first-order valence-corrected chi connectivity index (χ1v) is 12.9. The van der Waals surface area contributed by atoms with E-state index in [0.717, 1.165) is 29.9 Å². The van der Waals surface area contributed by atoms with Crippen LogP contribution in [-0.2, 0) is 16.2 Å². The van der Waals surface area contributed by atoms with Gasteiger partial charge in [0.1, 0.15) is 35.5 Å². The van der Waals surface area contributed by atoms with Crippen LogP contribution in [0.4, 0.5) is 10.6 Å². The molecule has 0 bridgehead atoms. The second-order valence-corrected chi connectivity index (χ2v) is 10.4. The first-order chi connectivity index (χ1) is 16.1. The number of amides is 1. The Morgan fingerprint density at radius 3 is 2.76 bits per heavy atom. The van der Waals surface area contributed by atoms with E-state index < -0.39 is 5.60 Å². The fourth-order valence-corrected chi connectivity index (χ4v) is 4.26. The minimum absolute atomic E-state index is 0.0153. The van der Waals surface area contributed by atoms with E-state index in [1.165, 1.54) is 0 Å². The molecule has 0 radical (unpaired) electrons. The van der Waals surface area contributed by atoms with E-state index in [2.05, 4.69) is 11.2 Å². The molecule has 0 aromatic carbocycles. The SMILES string of the molecule is CSCCOCn1cc(-c2nn([C@H]3CCCN(C(=O)OC(C)(C)C)CC3)c(N)c2C#N)c(C)n1. The number of nitriles is 1. The summed E-state index contributed by atoms with van der Waals surface area (Å²) in [5.41, 5.74) is 8.26. The van der Waals surface area contributed by atoms with E-state index in [4.69, 9.17) is 20.3 Å². The van der Waals surface area contributed by atoms with Crippen molar-refractivity contribution in [2.24, 2.45) is 0 Å². The number of nitrogen functional groups attached to an aromatic ring is 1. The first-order valence-electron chi connectivity index (χ1n) is 11.5. The van der Waals surface area contributed by atoms with E-state index in [1.807, 2.05) is 40.1 Å². The van der Waals surface area contributed by atoms with E-state index in [1.54, 1.807) is 26.0 Å². The number of hydrogen-bond donors (Lipinski definition) is 1. The number of ether oxygens (including phenoxy) is 2. The molecule has 3 heterocycles. The van der Waals surface area contributed by atoms with Gasteiger partial charge in [0.05, 0.1) is 18.3 Å². The molecule has 0 unspecified atom stereocenters. The maximum Gasteiger partial charge on any atom is 0.410 e. The number of carbonyl (C=O) groups excluding carboxylic acids is 1. The number of aromatic nitrogens is 4. The van der Waals surface area contributed by atoms with Crippen LogP contribution in [0.1, 0.15) is 57.3 Å². The molecule has 1 aliphatic rings. The van der Waals surface area contributed by atoms with Gasteiger partial charge < -0.3 is 20.1 Å². The van der Waals surface area contributed by atoms with Crippen molar-refractivity contribution in [3.8, 4) is 17.3 Å². The van der Waals surface area contributed by atoms with Crippen LogP contribution in [0, 0.1) is 18.3 Å². The molecule has 186 valence electrons. The maximum atomic E-state index is 12.5. The lowest BCUT2D eigenvalue weighted by atomic mass is 10.1. The molecule has 0 aliphatic carbocycles. The van der Waals surface area contributed by atoms with E-state index in [-0.39, 0.29) is 12.1 Å². The van der Waals surface area contributed by atoms with Crippen molar-refractivity contribution in [1.82, 2.24) is 24.5 Å². The summed E-state index contributed by atoms with van der Waals surface area (Å²) < 4.78 is 14.6. The fraction of sp³-hybridized carbons (Fsp3) is 0.652. The van der Waals surface area contributed by atoms with Crippen molar-refractivity contribution in [3.63, 3.8) is 0 Å². The zero-order valence-electron chi connectivity index (χ0n) is 20.7. The zero-order valence-corrected chi connectivity index (χ0v) is 21.5. The largest absolute Gasteiger partial charge is 0.444 e. The first kappa shape index (κ1) is 25.9. The average Bonchev–Trinajstić information content (AvgIpc) is 3.17. The van der Waals surface area contributed by atoms with Gasteiger partial charge in [0, 0.05) is 30.6 Å². The summed E-state index contributed by atoms with van der Waals surface area (Å²) in [6.07, 6.45) is 5.85. The third kappa shape index (κ3) is 6.24. The molecule has 2 aromatic rings. The maximum absolute atomic E-state index is 12.5. The van der Waals surface area contributed by atoms with Crippen molar-refractivity contribution in [1.29, 1.82) is 5.26 Å². The number of hydrogen-bond acceptors (Lipinski definition) is 8. The van der Waals surface area contributed by atoms with Gasteiger partial charge in [-0.05, 0) is 53.2 Å². The van der Waals surface area contributed by atoms with Crippen LogP contribution in [0.25, 0.3) is 11.3 Å². The summed E-state index contributed by atoms with van der Waals surface area (Å²) in [5, 5.41) is 19.1. The van der Waals surface area contributed by atoms with Crippen molar-refractivity contribution < 1.29 is 14.3 Å².